The summed E-state index contributed by atoms with van der Waals surface area (Å²) in [6.07, 6.45) is 0. The summed E-state index contributed by atoms with van der Waals surface area (Å²) < 4.78 is 29.4. The molecule has 0 aliphatic carbocycles. The second kappa shape index (κ2) is 9.07. The molecule has 2 amide bonds. The highest BCUT2D eigenvalue weighted by Crippen LogP contribution is 2.30. The summed E-state index contributed by atoms with van der Waals surface area (Å²) in [5, 5.41) is 9.14. The number of anilines is 1. The molecule has 1 N–H and O–H groups in total. The van der Waals surface area contributed by atoms with Crippen LogP contribution in [0.4, 0.5) is 14.5 Å². The number of thiophene rings is 1. The van der Waals surface area contributed by atoms with Crippen LogP contribution in [0.2, 0.25) is 0 Å². The minimum absolute atomic E-state index is 0.212. The molecule has 1 aromatic carbocycles. The zero-order valence-electron chi connectivity index (χ0n) is 18.2. The number of para-hydroxylation sites is 1. The number of amides is 2. The smallest absolute Gasteiger partial charge is 0.255 e. The number of benzene rings is 1. The van der Waals surface area contributed by atoms with Crippen LogP contribution in [-0.4, -0.2) is 44.6 Å². The topological polar surface area (TPSA) is 80.1 Å². The van der Waals surface area contributed by atoms with Crippen molar-refractivity contribution in [2.75, 3.05) is 18.4 Å². The second-order valence-corrected chi connectivity index (χ2v) is 8.35. The SMILES string of the molecule is CCN(CC(=O)Nc1c(F)cccc1F)C(=O)c1cc(-c2cccs2)nc2c1c(C)nn2C. The maximum atomic E-state index is 13.9. The molecule has 4 aromatic rings. The Labute approximate surface area is 192 Å². The van der Waals surface area contributed by atoms with Crippen molar-refractivity contribution in [3.8, 4) is 10.6 Å². The van der Waals surface area contributed by atoms with E-state index in [1.165, 1.54) is 22.3 Å². The van der Waals surface area contributed by atoms with Crippen LogP contribution in [-0.2, 0) is 11.8 Å². The molecule has 33 heavy (non-hydrogen) atoms. The van der Waals surface area contributed by atoms with Gasteiger partial charge in [-0.3, -0.25) is 14.3 Å². The van der Waals surface area contributed by atoms with Crippen LogP contribution in [0.25, 0.3) is 21.6 Å². The first-order valence-electron chi connectivity index (χ1n) is 10.2. The number of aryl methyl sites for hydroxylation is 2. The lowest BCUT2D eigenvalue weighted by molar-refractivity contribution is -0.116. The standard InChI is InChI=1S/C23H21F2N5O2S/c1-4-30(12-19(31)27-21-15(24)7-5-8-16(21)25)23(32)14-11-17(18-9-6-10-33-18)26-22-20(14)13(2)28-29(22)3/h5-11H,4,12H2,1-3H3,(H,27,31). The monoisotopic (exact) mass is 469 g/mol. The predicted molar refractivity (Wildman–Crippen MR) is 123 cm³/mol. The molecule has 0 spiro atoms. The Balaban J connectivity index is 1.68. The molecule has 0 unspecified atom stereocenters. The average Bonchev–Trinajstić information content (AvgIpc) is 3.42. The summed E-state index contributed by atoms with van der Waals surface area (Å²) in [5.41, 5.74) is 1.63. The zero-order chi connectivity index (χ0) is 23.7. The number of carbonyl (C=O) groups excluding carboxylic acids is 2. The largest absolute Gasteiger partial charge is 0.330 e. The fourth-order valence-electron chi connectivity index (χ4n) is 3.63. The van der Waals surface area contributed by atoms with E-state index in [1.54, 1.807) is 31.6 Å². The summed E-state index contributed by atoms with van der Waals surface area (Å²) in [6.45, 7) is 3.35. The first-order chi connectivity index (χ1) is 15.8. The Bertz CT molecular complexity index is 1330. The Hall–Kier alpha value is -3.66. The first-order valence-corrected chi connectivity index (χ1v) is 11.1. The molecule has 0 saturated carbocycles. The molecule has 0 aliphatic heterocycles. The van der Waals surface area contributed by atoms with Crippen molar-refractivity contribution in [2.45, 2.75) is 13.8 Å². The summed E-state index contributed by atoms with van der Waals surface area (Å²) in [5.74, 6) is -2.89. The minimum Gasteiger partial charge on any atom is -0.330 e. The molecule has 3 heterocycles. The summed E-state index contributed by atoms with van der Waals surface area (Å²) in [4.78, 5) is 33.0. The van der Waals surface area contributed by atoms with Crippen molar-refractivity contribution < 1.29 is 18.4 Å². The number of hydrogen-bond donors (Lipinski definition) is 1. The number of aromatic nitrogens is 3. The molecule has 0 fully saturated rings. The summed E-state index contributed by atoms with van der Waals surface area (Å²) in [6, 6.07) is 8.80. The molecule has 170 valence electrons. The van der Waals surface area contributed by atoms with E-state index in [2.05, 4.69) is 15.4 Å². The van der Waals surface area contributed by atoms with Crippen molar-refractivity contribution in [1.29, 1.82) is 0 Å². The van der Waals surface area contributed by atoms with Gasteiger partial charge in [0, 0.05) is 13.6 Å². The number of rotatable bonds is 6. The van der Waals surface area contributed by atoms with Crippen molar-refractivity contribution in [3.63, 3.8) is 0 Å². The maximum Gasteiger partial charge on any atom is 0.255 e. The van der Waals surface area contributed by atoms with Crippen LogP contribution >= 0.6 is 11.3 Å². The van der Waals surface area contributed by atoms with Crippen LogP contribution in [0, 0.1) is 18.6 Å². The number of nitrogens with one attached hydrogen (secondary N) is 1. The fraction of sp³-hybridized carbons (Fsp3) is 0.217. The normalized spacial score (nSPS) is 11.1. The van der Waals surface area contributed by atoms with Crippen molar-refractivity contribution >= 4 is 39.9 Å². The molecule has 7 nitrogen and oxygen atoms in total. The van der Waals surface area contributed by atoms with E-state index in [0.717, 1.165) is 17.0 Å². The fourth-order valence-corrected chi connectivity index (χ4v) is 4.32. The third kappa shape index (κ3) is 4.34. The Kier molecular flexibility index (Phi) is 6.19. The lowest BCUT2D eigenvalue weighted by Crippen LogP contribution is -2.38. The van der Waals surface area contributed by atoms with Gasteiger partial charge in [-0.05, 0) is 43.5 Å². The number of hydrogen-bond acceptors (Lipinski definition) is 5. The molecule has 3 aromatic heterocycles. The lowest BCUT2D eigenvalue weighted by Gasteiger charge is -2.21. The van der Waals surface area contributed by atoms with Gasteiger partial charge in [0.25, 0.3) is 5.91 Å². The maximum absolute atomic E-state index is 13.9. The number of likely N-dealkylation sites (N-methyl/N-ethyl adjacent to an activating group) is 1. The Morgan fingerprint density at radius 2 is 1.91 bits per heavy atom. The van der Waals surface area contributed by atoms with Gasteiger partial charge in [0.05, 0.1) is 27.2 Å². The van der Waals surface area contributed by atoms with Gasteiger partial charge >= 0.3 is 0 Å². The van der Waals surface area contributed by atoms with Gasteiger partial charge in [0.15, 0.2) is 5.65 Å². The Morgan fingerprint density at radius 3 is 2.55 bits per heavy atom. The first kappa shape index (κ1) is 22.5. The van der Waals surface area contributed by atoms with Gasteiger partial charge in [-0.15, -0.1) is 11.3 Å². The van der Waals surface area contributed by atoms with Crippen molar-refractivity contribution in [2.24, 2.45) is 7.05 Å². The third-order valence-electron chi connectivity index (χ3n) is 5.20. The van der Waals surface area contributed by atoms with E-state index < -0.39 is 29.1 Å². The predicted octanol–water partition coefficient (Wildman–Crippen LogP) is 4.38. The lowest BCUT2D eigenvalue weighted by atomic mass is 10.1. The highest BCUT2D eigenvalue weighted by atomic mass is 32.1. The molecular formula is C23H21F2N5O2S. The highest BCUT2D eigenvalue weighted by Gasteiger charge is 2.25. The number of halogens is 2. The number of carbonyl (C=O) groups is 2. The van der Waals surface area contributed by atoms with E-state index in [-0.39, 0.29) is 13.1 Å². The summed E-state index contributed by atoms with van der Waals surface area (Å²) >= 11 is 1.49. The number of fused-ring (bicyclic) bond motifs is 1. The van der Waals surface area contributed by atoms with E-state index in [0.29, 0.717) is 28.0 Å². The van der Waals surface area contributed by atoms with E-state index >= 15 is 0 Å². The minimum atomic E-state index is -0.889. The van der Waals surface area contributed by atoms with Crippen molar-refractivity contribution in [1.82, 2.24) is 19.7 Å². The van der Waals surface area contributed by atoms with Crippen LogP contribution in [0.3, 0.4) is 0 Å². The van der Waals surface area contributed by atoms with Gasteiger partial charge < -0.3 is 10.2 Å². The van der Waals surface area contributed by atoms with E-state index in [1.807, 2.05) is 17.5 Å². The van der Waals surface area contributed by atoms with Crippen LogP contribution in [0.15, 0.2) is 41.8 Å². The highest BCUT2D eigenvalue weighted by molar-refractivity contribution is 7.13. The van der Waals surface area contributed by atoms with Gasteiger partial charge in [0.2, 0.25) is 5.91 Å². The second-order valence-electron chi connectivity index (χ2n) is 7.40. The molecule has 0 aliphatic rings. The van der Waals surface area contributed by atoms with E-state index in [4.69, 9.17) is 0 Å². The molecule has 4 rings (SSSR count). The van der Waals surface area contributed by atoms with Crippen molar-refractivity contribution in [3.05, 3.63) is 64.7 Å². The van der Waals surface area contributed by atoms with Crippen LogP contribution < -0.4 is 5.32 Å². The average molecular weight is 470 g/mol. The van der Waals surface area contributed by atoms with E-state index in [9.17, 15) is 18.4 Å². The number of pyridine rings is 1. The quantitative estimate of drug-likeness (QED) is 0.454. The molecule has 0 radical (unpaired) electrons. The van der Waals surface area contributed by atoms with Gasteiger partial charge in [-0.1, -0.05) is 12.1 Å². The Morgan fingerprint density at radius 1 is 1.18 bits per heavy atom. The molecule has 0 saturated heterocycles. The molecular weight excluding hydrogens is 448 g/mol. The van der Waals surface area contributed by atoms with Crippen LogP contribution in [0.1, 0.15) is 23.0 Å². The van der Waals surface area contributed by atoms with Gasteiger partial charge in [-0.25, -0.2) is 13.8 Å². The number of nitrogens with zero attached hydrogens (tertiary/aromatic N) is 4. The molecule has 10 heteroatoms. The molecule has 0 bridgehead atoms. The third-order valence-corrected chi connectivity index (χ3v) is 6.10. The van der Waals surface area contributed by atoms with Gasteiger partial charge in [0.1, 0.15) is 23.9 Å². The zero-order valence-corrected chi connectivity index (χ0v) is 19.0. The van der Waals surface area contributed by atoms with Crippen LogP contribution in [0.5, 0.6) is 0 Å². The van der Waals surface area contributed by atoms with Gasteiger partial charge in [-0.2, -0.15) is 5.10 Å². The summed E-state index contributed by atoms with van der Waals surface area (Å²) in [7, 11) is 1.75. The molecule has 0 atom stereocenters.